The van der Waals surface area contributed by atoms with Crippen molar-refractivity contribution in [2.24, 2.45) is 5.16 Å². The summed E-state index contributed by atoms with van der Waals surface area (Å²) in [4.78, 5) is 32.0. The lowest BCUT2D eigenvalue weighted by molar-refractivity contribution is -0.137. The van der Waals surface area contributed by atoms with E-state index in [4.69, 9.17) is 21.2 Å². The number of carbonyl (C=O) groups excluding carboxylic acids is 2. The predicted octanol–water partition coefficient (Wildman–Crippen LogP) is 3.74. The maximum atomic E-state index is 12.6. The van der Waals surface area contributed by atoms with E-state index in [1.54, 1.807) is 17.1 Å². The molecule has 8 nitrogen and oxygen atoms in total. The number of likely N-dealkylation sites (tertiary alicyclic amines) is 1. The summed E-state index contributed by atoms with van der Waals surface area (Å²) < 4.78 is 5.21. The molecule has 3 rings (SSSR count). The number of phenolic OH excluding ortho intramolecular Hbond substituents is 2. The molecule has 0 aromatic heterocycles. The monoisotopic (exact) mass is 462 g/mol. The second kappa shape index (κ2) is 11.6. The Bertz CT molecular complexity index is 935. The number of esters is 1. The molecule has 32 heavy (non-hydrogen) atoms. The zero-order valence-electron chi connectivity index (χ0n) is 17.8. The Morgan fingerprint density at radius 2 is 1.88 bits per heavy atom. The molecule has 0 saturated carbocycles. The van der Waals surface area contributed by atoms with E-state index in [0.717, 1.165) is 44.8 Å². The summed E-state index contributed by atoms with van der Waals surface area (Å²) in [5, 5.41) is 24.3. The van der Waals surface area contributed by atoms with Gasteiger partial charge in [-0.2, -0.15) is 0 Å². The number of rotatable bonds is 3. The van der Waals surface area contributed by atoms with Crippen molar-refractivity contribution in [1.29, 1.82) is 0 Å². The Morgan fingerprint density at radius 1 is 1.12 bits per heavy atom. The first kappa shape index (κ1) is 23.7. The van der Waals surface area contributed by atoms with Crippen LogP contribution in [0.5, 0.6) is 11.5 Å². The summed E-state index contributed by atoms with van der Waals surface area (Å²) >= 11 is 6.26. The van der Waals surface area contributed by atoms with Crippen molar-refractivity contribution in [3.8, 4) is 11.5 Å². The number of aromatic hydroxyl groups is 2. The molecule has 0 aliphatic carbocycles. The fraction of sp³-hybridized carbons (Fsp3) is 0.435. The number of oxime groups is 1. The fourth-order valence-electron chi connectivity index (χ4n) is 3.58. The van der Waals surface area contributed by atoms with Gasteiger partial charge >= 0.3 is 5.97 Å². The Morgan fingerprint density at radius 3 is 2.66 bits per heavy atom. The van der Waals surface area contributed by atoms with Crippen molar-refractivity contribution in [3.63, 3.8) is 0 Å². The topological polar surface area (TPSA) is 109 Å². The van der Waals surface area contributed by atoms with Crippen LogP contribution < -0.4 is 0 Å². The molecule has 0 radical (unpaired) electrons. The zero-order valence-corrected chi connectivity index (χ0v) is 18.5. The molecule has 2 N–H and O–H groups in total. The molecule has 0 atom stereocenters. The molecule has 1 aromatic rings. The minimum Gasteiger partial charge on any atom is -0.507 e. The van der Waals surface area contributed by atoms with Gasteiger partial charge in [0.2, 0.25) is 0 Å². The highest BCUT2D eigenvalue weighted by Gasteiger charge is 2.24. The molecule has 9 heteroatoms. The molecule has 0 bridgehead atoms. The van der Waals surface area contributed by atoms with Gasteiger partial charge in [0.25, 0.3) is 5.91 Å². The number of cyclic esters (lactones) is 1. The van der Waals surface area contributed by atoms with Crippen LogP contribution in [0.15, 0.2) is 35.5 Å². The van der Waals surface area contributed by atoms with E-state index in [0.29, 0.717) is 12.1 Å². The standard InChI is InChI=1S/C23H27ClN2O6/c24-22-17-13-16(25-32-15-20(29)26-10-6-4-7-11-26)9-5-2-1-3-8-12-31-23(30)21(17)18(27)14-19(22)28/h3,5,8-9,14,27-28H,1-2,4,6-7,10-13,15H2/b8-3+,9-5+,25-16+. The van der Waals surface area contributed by atoms with Crippen LogP contribution in [0, 0.1) is 0 Å². The van der Waals surface area contributed by atoms with E-state index in [1.165, 1.54) is 0 Å². The number of benzene rings is 1. The number of ether oxygens (including phenoxy) is 1. The SMILES string of the molecule is O=C1OC/C=C/CC/C=C/C(=N\OCC(=O)N2CCCCC2)Cc2c(Cl)c(O)cc(O)c21. The molecule has 1 amide bonds. The number of carbonyl (C=O) groups is 2. The van der Waals surface area contributed by atoms with E-state index in [-0.39, 0.29) is 47.4 Å². The Labute approximate surface area is 191 Å². The van der Waals surface area contributed by atoms with Gasteiger partial charge in [0.15, 0.2) is 6.61 Å². The summed E-state index contributed by atoms with van der Waals surface area (Å²) in [6, 6.07) is 0.997. The van der Waals surface area contributed by atoms with E-state index < -0.39 is 11.7 Å². The quantitative estimate of drug-likeness (QED) is 0.402. The Hall–Kier alpha value is -3.00. The average molecular weight is 463 g/mol. The average Bonchev–Trinajstić information content (AvgIpc) is 2.80. The number of fused-ring (bicyclic) bond motifs is 1. The van der Waals surface area contributed by atoms with Gasteiger partial charge in [-0.25, -0.2) is 4.79 Å². The number of nitrogens with zero attached hydrogens (tertiary/aromatic N) is 2. The number of piperidine rings is 1. The summed E-state index contributed by atoms with van der Waals surface area (Å²) in [5.41, 5.74) is 0.387. The highest BCUT2D eigenvalue weighted by Crippen LogP contribution is 2.37. The third kappa shape index (κ3) is 6.26. The van der Waals surface area contributed by atoms with Crippen molar-refractivity contribution in [3.05, 3.63) is 46.5 Å². The first-order valence-corrected chi connectivity index (χ1v) is 11.0. The van der Waals surface area contributed by atoms with E-state index in [9.17, 15) is 19.8 Å². The third-order valence-electron chi connectivity index (χ3n) is 5.25. The molecular formula is C23H27ClN2O6. The smallest absolute Gasteiger partial charge is 0.342 e. The normalized spacial score (nSPS) is 20.8. The van der Waals surface area contributed by atoms with E-state index in [1.807, 2.05) is 12.2 Å². The number of allylic oxidation sites excluding steroid dienone is 3. The number of hydrogen-bond acceptors (Lipinski definition) is 7. The van der Waals surface area contributed by atoms with Gasteiger partial charge < -0.3 is 24.7 Å². The second-order valence-corrected chi connectivity index (χ2v) is 7.98. The number of amides is 1. The van der Waals surface area contributed by atoms with Gasteiger partial charge in [0, 0.05) is 25.6 Å². The molecule has 1 saturated heterocycles. The van der Waals surface area contributed by atoms with Crippen LogP contribution in [-0.2, 0) is 20.8 Å². The van der Waals surface area contributed by atoms with Crippen molar-refractivity contribution in [2.75, 3.05) is 26.3 Å². The summed E-state index contributed by atoms with van der Waals surface area (Å²) in [7, 11) is 0. The van der Waals surface area contributed by atoms with Crippen LogP contribution in [0.2, 0.25) is 5.02 Å². The number of halogens is 1. The Balaban J connectivity index is 1.85. The lowest BCUT2D eigenvalue weighted by Gasteiger charge is -2.26. The van der Waals surface area contributed by atoms with Crippen molar-refractivity contribution >= 4 is 29.2 Å². The van der Waals surface area contributed by atoms with Crippen LogP contribution in [-0.4, -0.2) is 59.0 Å². The van der Waals surface area contributed by atoms with Crippen molar-refractivity contribution in [2.45, 2.75) is 38.5 Å². The minimum atomic E-state index is -0.771. The largest absolute Gasteiger partial charge is 0.507 e. The molecule has 1 fully saturated rings. The van der Waals surface area contributed by atoms with Crippen molar-refractivity contribution in [1.82, 2.24) is 4.90 Å². The maximum absolute atomic E-state index is 12.6. The number of hydrogen-bond donors (Lipinski definition) is 2. The van der Waals surface area contributed by atoms with Crippen molar-refractivity contribution < 1.29 is 29.4 Å². The van der Waals surface area contributed by atoms with E-state index >= 15 is 0 Å². The van der Waals surface area contributed by atoms with Crippen LogP contribution >= 0.6 is 11.6 Å². The molecule has 2 aliphatic rings. The van der Waals surface area contributed by atoms with Crippen LogP contribution in [0.1, 0.15) is 48.0 Å². The first-order valence-electron chi connectivity index (χ1n) is 10.7. The lowest BCUT2D eigenvalue weighted by Crippen LogP contribution is -2.37. The van der Waals surface area contributed by atoms with Gasteiger partial charge in [-0.15, -0.1) is 0 Å². The molecule has 2 aliphatic heterocycles. The molecule has 0 unspecified atom stereocenters. The van der Waals surface area contributed by atoms with Gasteiger partial charge in [0.05, 0.1) is 10.7 Å². The molecule has 1 aromatic carbocycles. The summed E-state index contributed by atoms with van der Waals surface area (Å²) in [6.45, 7) is 1.28. The zero-order chi connectivity index (χ0) is 22.9. The molecular weight excluding hydrogens is 436 g/mol. The molecule has 172 valence electrons. The van der Waals surface area contributed by atoms with Gasteiger partial charge in [-0.05, 0) is 43.7 Å². The predicted molar refractivity (Wildman–Crippen MR) is 120 cm³/mol. The van der Waals surface area contributed by atoms with Crippen LogP contribution in [0.4, 0.5) is 0 Å². The number of phenols is 2. The summed E-state index contributed by atoms with van der Waals surface area (Å²) in [5.74, 6) is -1.72. The maximum Gasteiger partial charge on any atom is 0.342 e. The van der Waals surface area contributed by atoms with Gasteiger partial charge in [-0.1, -0.05) is 35.0 Å². The van der Waals surface area contributed by atoms with Crippen LogP contribution in [0.25, 0.3) is 0 Å². The van der Waals surface area contributed by atoms with Gasteiger partial charge in [-0.3, -0.25) is 4.79 Å². The lowest BCUT2D eigenvalue weighted by atomic mass is 9.99. The molecule has 0 spiro atoms. The van der Waals surface area contributed by atoms with E-state index in [2.05, 4.69) is 5.16 Å². The second-order valence-electron chi connectivity index (χ2n) is 7.61. The van der Waals surface area contributed by atoms with Crippen LogP contribution in [0.3, 0.4) is 0 Å². The third-order valence-corrected chi connectivity index (χ3v) is 5.67. The first-order chi connectivity index (χ1) is 15.5. The molecule has 2 heterocycles. The fourth-order valence-corrected chi connectivity index (χ4v) is 3.80. The van der Waals surface area contributed by atoms with Gasteiger partial charge in [0.1, 0.15) is 23.7 Å². The Kier molecular flexibility index (Phi) is 8.56. The highest BCUT2D eigenvalue weighted by atomic mass is 35.5. The highest BCUT2D eigenvalue weighted by molar-refractivity contribution is 6.33. The summed E-state index contributed by atoms with van der Waals surface area (Å²) in [6.07, 6.45) is 11.7. The minimum absolute atomic E-state index is 0.0208.